The predicted molar refractivity (Wildman–Crippen MR) is 123 cm³/mol. The number of rotatable bonds is 22. The van der Waals surface area contributed by atoms with Crippen molar-refractivity contribution in [3.8, 4) is 0 Å². The van der Waals surface area contributed by atoms with Gasteiger partial charge in [0.25, 0.3) is 0 Å². The second-order valence-electron chi connectivity index (χ2n) is 8.41. The van der Waals surface area contributed by atoms with Crippen LogP contribution in [0.2, 0.25) is 0 Å². The lowest BCUT2D eigenvalue weighted by Crippen LogP contribution is -2.26. The van der Waals surface area contributed by atoms with E-state index >= 15 is 0 Å². The molecule has 0 saturated carbocycles. The molecule has 4 N–H and O–H groups in total. The van der Waals surface area contributed by atoms with Crippen LogP contribution in [0.4, 0.5) is 0 Å². The van der Waals surface area contributed by atoms with Crippen LogP contribution in [0.1, 0.15) is 85.5 Å². The first-order valence-corrected chi connectivity index (χ1v) is 12.0. The minimum absolute atomic E-state index is 0.810. The fraction of sp³-hybridized carbons (Fsp3) is 1.00. The van der Waals surface area contributed by atoms with E-state index < -0.39 is 0 Å². The minimum atomic E-state index is 0.810. The van der Waals surface area contributed by atoms with Crippen LogP contribution in [0.25, 0.3) is 0 Å². The van der Waals surface area contributed by atoms with Crippen LogP contribution in [0.15, 0.2) is 0 Å². The van der Waals surface area contributed by atoms with Gasteiger partial charge in [-0.05, 0) is 89.9 Å². The zero-order valence-corrected chi connectivity index (χ0v) is 19.2. The van der Waals surface area contributed by atoms with Crippen molar-refractivity contribution in [3.05, 3.63) is 0 Å². The highest BCUT2D eigenvalue weighted by molar-refractivity contribution is 4.58. The molecule has 0 spiro atoms. The summed E-state index contributed by atoms with van der Waals surface area (Å²) >= 11 is 0. The van der Waals surface area contributed by atoms with Gasteiger partial charge < -0.3 is 21.3 Å². The Labute approximate surface area is 171 Å². The molecular formula is C23H52N4. The summed E-state index contributed by atoms with van der Waals surface area (Å²) in [4.78, 5) is 0. The van der Waals surface area contributed by atoms with Gasteiger partial charge in [-0.25, -0.2) is 0 Å². The summed E-state index contributed by atoms with van der Waals surface area (Å²) < 4.78 is 0. The van der Waals surface area contributed by atoms with Crippen LogP contribution >= 0.6 is 0 Å². The Balaban J connectivity index is 3.03. The Morgan fingerprint density at radius 1 is 0.444 bits per heavy atom. The average Bonchev–Trinajstić information content (AvgIpc) is 2.69. The maximum absolute atomic E-state index is 3.58. The summed E-state index contributed by atoms with van der Waals surface area (Å²) in [6.07, 6.45) is 11.8. The molecule has 164 valence electrons. The SMILES string of the molecule is CC[C@@H](C)CNCCCNCCCCCCCNCCCNC[C@@H](C)CC. The third kappa shape index (κ3) is 22.0. The standard InChI is InChI=1S/C23H52N4/c1-5-22(3)20-26-18-12-16-24-14-10-8-7-9-11-15-25-17-13-19-27-21-23(4)6-2/h22-27H,5-21H2,1-4H3/t22-,23+. The molecule has 0 heterocycles. The topological polar surface area (TPSA) is 48.1 Å². The molecule has 4 nitrogen and oxygen atoms in total. The Kier molecular flexibility index (Phi) is 22.0. The van der Waals surface area contributed by atoms with Gasteiger partial charge in [-0.15, -0.1) is 0 Å². The third-order valence-corrected chi connectivity index (χ3v) is 5.50. The minimum Gasteiger partial charge on any atom is -0.317 e. The molecule has 0 aliphatic heterocycles. The molecule has 0 saturated heterocycles. The number of hydrogen-bond acceptors (Lipinski definition) is 4. The van der Waals surface area contributed by atoms with E-state index in [1.807, 2.05) is 0 Å². The zero-order valence-electron chi connectivity index (χ0n) is 19.2. The van der Waals surface area contributed by atoms with Crippen molar-refractivity contribution < 1.29 is 0 Å². The van der Waals surface area contributed by atoms with E-state index in [1.54, 1.807) is 0 Å². The van der Waals surface area contributed by atoms with Gasteiger partial charge in [0.2, 0.25) is 0 Å². The van der Waals surface area contributed by atoms with Gasteiger partial charge in [0, 0.05) is 0 Å². The van der Waals surface area contributed by atoms with Gasteiger partial charge in [0.05, 0.1) is 0 Å². The highest BCUT2D eigenvalue weighted by Gasteiger charge is 1.98. The van der Waals surface area contributed by atoms with Gasteiger partial charge in [-0.3, -0.25) is 0 Å². The number of hydrogen-bond donors (Lipinski definition) is 4. The fourth-order valence-electron chi connectivity index (χ4n) is 2.94. The Morgan fingerprint density at radius 3 is 1.19 bits per heavy atom. The Morgan fingerprint density at radius 2 is 0.778 bits per heavy atom. The largest absolute Gasteiger partial charge is 0.317 e. The van der Waals surface area contributed by atoms with Gasteiger partial charge in [0.1, 0.15) is 0 Å². The second-order valence-corrected chi connectivity index (χ2v) is 8.41. The van der Waals surface area contributed by atoms with Crippen molar-refractivity contribution in [1.29, 1.82) is 0 Å². The Bertz CT molecular complexity index is 247. The summed E-state index contributed by atoms with van der Waals surface area (Å²) in [5.74, 6) is 1.62. The summed E-state index contributed by atoms with van der Waals surface area (Å²) in [5.41, 5.74) is 0. The van der Waals surface area contributed by atoms with E-state index in [-0.39, 0.29) is 0 Å². The maximum Gasteiger partial charge on any atom is -0.00232 e. The lowest BCUT2D eigenvalue weighted by atomic mass is 10.1. The van der Waals surface area contributed by atoms with E-state index in [0.29, 0.717) is 0 Å². The first kappa shape index (κ1) is 26.8. The van der Waals surface area contributed by atoms with E-state index in [0.717, 1.165) is 38.0 Å². The molecule has 0 aliphatic carbocycles. The van der Waals surface area contributed by atoms with E-state index in [2.05, 4.69) is 49.0 Å². The smallest absolute Gasteiger partial charge is 0.00232 e. The molecule has 0 rings (SSSR count). The summed E-state index contributed by atoms with van der Waals surface area (Å²) in [6, 6.07) is 0. The van der Waals surface area contributed by atoms with Crippen LogP contribution in [0.3, 0.4) is 0 Å². The number of nitrogens with one attached hydrogen (secondary N) is 4. The molecule has 0 fully saturated rings. The van der Waals surface area contributed by atoms with Gasteiger partial charge in [0.15, 0.2) is 0 Å². The fourth-order valence-corrected chi connectivity index (χ4v) is 2.94. The molecular weight excluding hydrogens is 332 g/mol. The first-order chi connectivity index (χ1) is 13.2. The van der Waals surface area contributed by atoms with Gasteiger partial charge in [-0.2, -0.15) is 0 Å². The van der Waals surface area contributed by atoms with Crippen LogP contribution < -0.4 is 21.3 Å². The third-order valence-electron chi connectivity index (χ3n) is 5.50. The van der Waals surface area contributed by atoms with Crippen molar-refractivity contribution in [2.45, 2.75) is 85.5 Å². The summed E-state index contributed by atoms with van der Waals surface area (Å²) in [5, 5.41) is 14.2. The molecule has 0 aromatic carbocycles. The summed E-state index contributed by atoms with van der Waals surface area (Å²) in [6.45, 7) is 18.5. The monoisotopic (exact) mass is 384 g/mol. The predicted octanol–water partition coefficient (Wildman–Crippen LogP) is 4.17. The maximum atomic E-state index is 3.58. The summed E-state index contributed by atoms with van der Waals surface area (Å²) in [7, 11) is 0. The second kappa shape index (κ2) is 22.1. The molecule has 27 heavy (non-hydrogen) atoms. The van der Waals surface area contributed by atoms with Crippen molar-refractivity contribution in [2.75, 3.05) is 52.4 Å². The molecule has 0 bridgehead atoms. The molecule has 0 amide bonds. The lowest BCUT2D eigenvalue weighted by Gasteiger charge is -2.10. The normalized spacial score (nSPS) is 13.8. The quantitative estimate of drug-likeness (QED) is 0.212. The van der Waals surface area contributed by atoms with E-state index in [1.165, 1.54) is 84.0 Å². The lowest BCUT2D eigenvalue weighted by molar-refractivity contribution is 0.485. The highest BCUT2D eigenvalue weighted by atomic mass is 14.9. The van der Waals surface area contributed by atoms with Crippen LogP contribution in [0, 0.1) is 11.8 Å². The van der Waals surface area contributed by atoms with Gasteiger partial charge >= 0.3 is 0 Å². The van der Waals surface area contributed by atoms with Crippen LogP contribution in [-0.4, -0.2) is 52.4 Å². The van der Waals surface area contributed by atoms with Crippen molar-refractivity contribution >= 4 is 0 Å². The van der Waals surface area contributed by atoms with E-state index in [9.17, 15) is 0 Å². The van der Waals surface area contributed by atoms with Crippen molar-refractivity contribution in [2.24, 2.45) is 11.8 Å². The zero-order chi connectivity index (χ0) is 20.0. The molecule has 4 heteroatoms. The molecule has 0 aromatic rings. The average molecular weight is 385 g/mol. The van der Waals surface area contributed by atoms with Crippen LogP contribution in [0.5, 0.6) is 0 Å². The Hall–Kier alpha value is -0.160. The van der Waals surface area contributed by atoms with Crippen LogP contribution in [-0.2, 0) is 0 Å². The first-order valence-electron chi connectivity index (χ1n) is 12.0. The molecule has 2 atom stereocenters. The molecule has 0 radical (unpaired) electrons. The van der Waals surface area contributed by atoms with E-state index in [4.69, 9.17) is 0 Å². The van der Waals surface area contributed by atoms with Crippen molar-refractivity contribution in [3.63, 3.8) is 0 Å². The van der Waals surface area contributed by atoms with Gasteiger partial charge in [-0.1, -0.05) is 59.8 Å². The highest BCUT2D eigenvalue weighted by Crippen LogP contribution is 2.02. The molecule has 0 aromatic heterocycles. The molecule has 0 aliphatic rings. The molecule has 0 unspecified atom stereocenters. The van der Waals surface area contributed by atoms with Crippen molar-refractivity contribution in [1.82, 2.24) is 21.3 Å². The number of unbranched alkanes of at least 4 members (excludes halogenated alkanes) is 4.